The van der Waals surface area contributed by atoms with Crippen LogP contribution in [0.4, 0.5) is 11.4 Å². The number of benzene rings is 1. The highest BCUT2D eigenvalue weighted by Gasteiger charge is 1.98. The standard InChI is InChI=1S/C7H9ClN2O/c1-9-6-3-2-5(8)4-7(6)10-11/h2-4,9-11H,1H3. The van der Waals surface area contributed by atoms with E-state index in [-0.39, 0.29) is 0 Å². The summed E-state index contributed by atoms with van der Waals surface area (Å²) in [6.45, 7) is 0. The Balaban J connectivity index is 3.06. The highest BCUT2D eigenvalue weighted by molar-refractivity contribution is 6.31. The van der Waals surface area contributed by atoms with Crippen molar-refractivity contribution in [2.24, 2.45) is 0 Å². The van der Waals surface area contributed by atoms with Crippen LogP contribution in [0, 0.1) is 0 Å². The average Bonchev–Trinajstić information content (AvgIpc) is 2.04. The maximum Gasteiger partial charge on any atom is 0.0848 e. The van der Waals surface area contributed by atoms with Crippen LogP contribution in [0.3, 0.4) is 0 Å². The summed E-state index contributed by atoms with van der Waals surface area (Å²) in [4.78, 5) is 0. The number of hydrogen-bond acceptors (Lipinski definition) is 3. The summed E-state index contributed by atoms with van der Waals surface area (Å²) in [5, 5.41) is 12.1. The molecule has 0 heterocycles. The molecule has 0 radical (unpaired) electrons. The van der Waals surface area contributed by atoms with Crippen LogP contribution in [0.2, 0.25) is 5.02 Å². The van der Waals surface area contributed by atoms with Gasteiger partial charge in [-0.3, -0.25) is 10.7 Å². The predicted molar refractivity (Wildman–Crippen MR) is 46.4 cm³/mol. The lowest BCUT2D eigenvalue weighted by molar-refractivity contribution is 0.389. The van der Waals surface area contributed by atoms with E-state index in [0.717, 1.165) is 5.69 Å². The van der Waals surface area contributed by atoms with Gasteiger partial charge in [-0.05, 0) is 18.2 Å². The normalized spacial score (nSPS) is 9.36. The number of rotatable bonds is 2. The summed E-state index contributed by atoms with van der Waals surface area (Å²) in [5.41, 5.74) is 3.41. The van der Waals surface area contributed by atoms with E-state index >= 15 is 0 Å². The number of anilines is 2. The van der Waals surface area contributed by atoms with E-state index in [4.69, 9.17) is 16.8 Å². The van der Waals surface area contributed by atoms with Gasteiger partial charge >= 0.3 is 0 Å². The van der Waals surface area contributed by atoms with E-state index < -0.39 is 0 Å². The first-order valence-electron chi connectivity index (χ1n) is 3.15. The SMILES string of the molecule is CNc1ccc(Cl)cc1NO. The Morgan fingerprint density at radius 1 is 1.36 bits per heavy atom. The van der Waals surface area contributed by atoms with Crippen molar-refractivity contribution in [1.82, 2.24) is 0 Å². The first kappa shape index (κ1) is 8.17. The van der Waals surface area contributed by atoms with E-state index in [9.17, 15) is 0 Å². The molecule has 1 rings (SSSR count). The fourth-order valence-corrected chi connectivity index (χ4v) is 0.999. The van der Waals surface area contributed by atoms with Gasteiger partial charge in [0.2, 0.25) is 0 Å². The number of halogens is 1. The third-order valence-electron chi connectivity index (χ3n) is 1.37. The Morgan fingerprint density at radius 2 is 2.09 bits per heavy atom. The van der Waals surface area contributed by atoms with Gasteiger partial charge in [0.1, 0.15) is 0 Å². The highest BCUT2D eigenvalue weighted by atomic mass is 35.5. The monoisotopic (exact) mass is 172 g/mol. The summed E-state index contributed by atoms with van der Waals surface area (Å²) in [5.74, 6) is 0. The fraction of sp³-hybridized carbons (Fsp3) is 0.143. The molecule has 4 heteroatoms. The Morgan fingerprint density at radius 3 is 2.64 bits per heavy atom. The van der Waals surface area contributed by atoms with Gasteiger partial charge < -0.3 is 5.32 Å². The van der Waals surface area contributed by atoms with Crippen molar-refractivity contribution in [2.75, 3.05) is 17.8 Å². The van der Waals surface area contributed by atoms with Gasteiger partial charge in [0, 0.05) is 12.1 Å². The molecule has 0 saturated heterocycles. The minimum atomic E-state index is 0.569. The number of hydrogen-bond donors (Lipinski definition) is 3. The van der Waals surface area contributed by atoms with E-state index in [1.807, 2.05) is 5.48 Å². The molecule has 1 aromatic carbocycles. The molecule has 0 aliphatic carbocycles. The first-order valence-corrected chi connectivity index (χ1v) is 3.53. The second kappa shape index (κ2) is 3.46. The second-order valence-electron chi connectivity index (χ2n) is 2.05. The molecule has 3 N–H and O–H groups in total. The Kier molecular flexibility index (Phi) is 2.57. The molecule has 3 nitrogen and oxygen atoms in total. The Bertz CT molecular complexity index is 252. The smallest absolute Gasteiger partial charge is 0.0848 e. The summed E-state index contributed by atoms with van der Waals surface area (Å²) in [6, 6.07) is 5.16. The topological polar surface area (TPSA) is 44.3 Å². The summed E-state index contributed by atoms with van der Waals surface area (Å²) < 4.78 is 0. The maximum absolute atomic E-state index is 8.63. The molecule has 0 aromatic heterocycles. The molecule has 0 fully saturated rings. The molecule has 0 saturated carbocycles. The molecular formula is C7H9ClN2O. The maximum atomic E-state index is 8.63. The van der Waals surface area contributed by atoms with Crippen molar-refractivity contribution in [2.45, 2.75) is 0 Å². The summed E-state index contributed by atoms with van der Waals surface area (Å²) >= 11 is 5.67. The number of nitrogens with one attached hydrogen (secondary N) is 2. The lowest BCUT2D eigenvalue weighted by atomic mass is 10.3. The predicted octanol–water partition coefficient (Wildman–Crippen LogP) is 2.18. The van der Waals surface area contributed by atoms with Crippen LogP contribution < -0.4 is 10.8 Å². The quantitative estimate of drug-likeness (QED) is 0.600. The summed E-state index contributed by atoms with van der Waals surface area (Å²) in [7, 11) is 1.77. The Hall–Kier alpha value is -0.930. The van der Waals surface area contributed by atoms with Crippen LogP contribution in [-0.2, 0) is 0 Å². The Labute approximate surface area is 69.9 Å². The van der Waals surface area contributed by atoms with Gasteiger partial charge in [-0.25, -0.2) is 0 Å². The van der Waals surface area contributed by atoms with Gasteiger partial charge in [0.15, 0.2) is 0 Å². The van der Waals surface area contributed by atoms with Crippen LogP contribution in [-0.4, -0.2) is 12.3 Å². The van der Waals surface area contributed by atoms with E-state index in [1.54, 1.807) is 25.2 Å². The first-order chi connectivity index (χ1) is 5.27. The minimum Gasteiger partial charge on any atom is -0.386 e. The van der Waals surface area contributed by atoms with Crippen LogP contribution in [0.5, 0.6) is 0 Å². The largest absolute Gasteiger partial charge is 0.386 e. The van der Waals surface area contributed by atoms with Crippen molar-refractivity contribution in [3.05, 3.63) is 23.2 Å². The zero-order valence-corrected chi connectivity index (χ0v) is 6.81. The zero-order valence-electron chi connectivity index (χ0n) is 6.06. The highest BCUT2D eigenvalue weighted by Crippen LogP contribution is 2.24. The zero-order chi connectivity index (χ0) is 8.27. The van der Waals surface area contributed by atoms with E-state index in [2.05, 4.69) is 5.32 Å². The molecule has 0 bridgehead atoms. The van der Waals surface area contributed by atoms with Crippen LogP contribution >= 0.6 is 11.6 Å². The van der Waals surface area contributed by atoms with Crippen molar-refractivity contribution < 1.29 is 5.21 Å². The van der Waals surface area contributed by atoms with Crippen LogP contribution in [0.25, 0.3) is 0 Å². The molecule has 0 unspecified atom stereocenters. The van der Waals surface area contributed by atoms with E-state index in [0.29, 0.717) is 10.7 Å². The van der Waals surface area contributed by atoms with Gasteiger partial charge in [0.25, 0.3) is 0 Å². The van der Waals surface area contributed by atoms with Crippen molar-refractivity contribution in [3.8, 4) is 0 Å². The van der Waals surface area contributed by atoms with Crippen molar-refractivity contribution in [3.63, 3.8) is 0 Å². The second-order valence-corrected chi connectivity index (χ2v) is 2.49. The van der Waals surface area contributed by atoms with Gasteiger partial charge in [-0.15, -0.1) is 0 Å². The lowest BCUT2D eigenvalue weighted by Gasteiger charge is -2.06. The van der Waals surface area contributed by atoms with Gasteiger partial charge in [-0.1, -0.05) is 11.6 Å². The van der Waals surface area contributed by atoms with Crippen molar-refractivity contribution >= 4 is 23.0 Å². The fourth-order valence-electron chi connectivity index (χ4n) is 0.827. The molecular weight excluding hydrogens is 164 g/mol. The average molecular weight is 173 g/mol. The van der Waals surface area contributed by atoms with Gasteiger partial charge in [-0.2, -0.15) is 0 Å². The molecule has 0 aliphatic rings. The lowest BCUT2D eigenvalue weighted by Crippen LogP contribution is -1.96. The molecule has 1 aromatic rings. The van der Waals surface area contributed by atoms with Crippen LogP contribution in [0.1, 0.15) is 0 Å². The molecule has 0 aliphatic heterocycles. The molecule has 0 amide bonds. The molecule has 60 valence electrons. The third kappa shape index (κ3) is 1.76. The van der Waals surface area contributed by atoms with Crippen LogP contribution in [0.15, 0.2) is 18.2 Å². The minimum absolute atomic E-state index is 0.569. The summed E-state index contributed by atoms with van der Waals surface area (Å²) in [6.07, 6.45) is 0. The van der Waals surface area contributed by atoms with Crippen molar-refractivity contribution in [1.29, 1.82) is 0 Å². The molecule has 0 atom stereocenters. The molecule has 0 spiro atoms. The molecule has 11 heavy (non-hydrogen) atoms. The van der Waals surface area contributed by atoms with E-state index in [1.165, 1.54) is 0 Å². The third-order valence-corrected chi connectivity index (χ3v) is 1.61. The van der Waals surface area contributed by atoms with Gasteiger partial charge in [0.05, 0.1) is 11.4 Å².